The molecule has 0 bridgehead atoms. The molecule has 68 valence electrons. The van der Waals surface area contributed by atoms with Crippen molar-refractivity contribution in [3.05, 3.63) is 34.7 Å². The summed E-state index contributed by atoms with van der Waals surface area (Å²) in [7, 11) is 0. The first-order valence-corrected chi connectivity index (χ1v) is 5.67. The summed E-state index contributed by atoms with van der Waals surface area (Å²) in [4.78, 5) is 0. The van der Waals surface area contributed by atoms with E-state index < -0.39 is 0 Å². The monoisotopic (exact) mass is 209 g/mol. The Morgan fingerprint density at radius 3 is 2.85 bits per heavy atom. The zero-order valence-corrected chi connectivity index (χ0v) is 8.87. The molecular weight excluding hydrogens is 198 g/mol. The summed E-state index contributed by atoms with van der Waals surface area (Å²) in [5.41, 5.74) is 8.19. The van der Waals surface area contributed by atoms with E-state index in [2.05, 4.69) is 36.2 Å². The molecule has 0 aliphatic carbocycles. The molecule has 0 unspecified atom stereocenters. The first-order valence-electron chi connectivity index (χ1n) is 4.15. The van der Waals surface area contributed by atoms with Crippen LogP contribution in [0.25, 0.3) is 10.1 Å². The quantitative estimate of drug-likeness (QED) is 0.731. The molecule has 1 aromatic heterocycles. The minimum atomic E-state index is 0.615. The molecule has 0 saturated heterocycles. The second-order valence-electron chi connectivity index (χ2n) is 2.92. The van der Waals surface area contributed by atoms with Gasteiger partial charge in [-0.1, -0.05) is 18.2 Å². The normalized spacial score (nSPS) is 10.9. The molecular formula is C10H11NS2. The molecule has 0 atom stereocenters. The van der Waals surface area contributed by atoms with Crippen LogP contribution < -0.4 is 5.73 Å². The highest BCUT2D eigenvalue weighted by Gasteiger charge is 2.04. The van der Waals surface area contributed by atoms with Gasteiger partial charge in [0.15, 0.2) is 0 Å². The largest absolute Gasteiger partial charge is 0.326 e. The van der Waals surface area contributed by atoms with Crippen LogP contribution in [0.15, 0.2) is 23.6 Å². The first kappa shape index (κ1) is 9.06. The third kappa shape index (κ3) is 1.47. The van der Waals surface area contributed by atoms with Crippen molar-refractivity contribution >= 4 is 34.1 Å². The average molecular weight is 209 g/mol. The summed E-state index contributed by atoms with van der Waals surface area (Å²) >= 11 is 6.05. The lowest BCUT2D eigenvalue weighted by molar-refractivity contribution is 1.09. The maximum Gasteiger partial charge on any atom is 0.0390 e. The molecule has 0 radical (unpaired) electrons. The number of benzene rings is 1. The Labute approximate surface area is 87.0 Å². The molecule has 3 heteroatoms. The average Bonchev–Trinajstić information content (AvgIpc) is 2.60. The van der Waals surface area contributed by atoms with E-state index in [0.717, 1.165) is 5.75 Å². The van der Waals surface area contributed by atoms with Crippen LogP contribution in [0.3, 0.4) is 0 Å². The zero-order chi connectivity index (χ0) is 9.26. The van der Waals surface area contributed by atoms with Gasteiger partial charge >= 0.3 is 0 Å². The fourth-order valence-electron chi connectivity index (χ4n) is 1.45. The highest BCUT2D eigenvalue weighted by molar-refractivity contribution is 7.79. The SMILES string of the molecule is NCc1cccc2c(CS)csc12. The van der Waals surface area contributed by atoms with Gasteiger partial charge in [-0.3, -0.25) is 0 Å². The van der Waals surface area contributed by atoms with Gasteiger partial charge in [0.2, 0.25) is 0 Å². The van der Waals surface area contributed by atoms with Gasteiger partial charge in [0, 0.05) is 17.0 Å². The van der Waals surface area contributed by atoms with Crippen LogP contribution in [0.4, 0.5) is 0 Å². The minimum Gasteiger partial charge on any atom is -0.326 e. The molecule has 2 rings (SSSR count). The maximum atomic E-state index is 5.65. The van der Waals surface area contributed by atoms with Crippen LogP contribution in [0, 0.1) is 0 Å². The Hall–Kier alpha value is -0.510. The molecule has 13 heavy (non-hydrogen) atoms. The molecule has 1 aromatic carbocycles. The second-order valence-corrected chi connectivity index (χ2v) is 4.11. The van der Waals surface area contributed by atoms with E-state index in [1.54, 1.807) is 11.3 Å². The number of hydrogen-bond acceptors (Lipinski definition) is 3. The van der Waals surface area contributed by atoms with Gasteiger partial charge < -0.3 is 5.73 Å². The van der Waals surface area contributed by atoms with E-state index in [9.17, 15) is 0 Å². The van der Waals surface area contributed by atoms with E-state index in [4.69, 9.17) is 5.73 Å². The van der Waals surface area contributed by atoms with Gasteiger partial charge in [0.25, 0.3) is 0 Å². The van der Waals surface area contributed by atoms with Crippen LogP contribution in [0.2, 0.25) is 0 Å². The number of thiophene rings is 1. The number of nitrogens with two attached hydrogens (primary N) is 1. The summed E-state index contributed by atoms with van der Waals surface area (Å²) in [6, 6.07) is 6.28. The lowest BCUT2D eigenvalue weighted by atomic mass is 10.1. The van der Waals surface area contributed by atoms with E-state index in [1.807, 2.05) is 0 Å². The molecule has 0 saturated carbocycles. The Balaban J connectivity index is 2.72. The topological polar surface area (TPSA) is 26.0 Å². The van der Waals surface area contributed by atoms with Crippen molar-refractivity contribution in [3.8, 4) is 0 Å². The van der Waals surface area contributed by atoms with Crippen molar-refractivity contribution in [3.63, 3.8) is 0 Å². The van der Waals surface area contributed by atoms with Crippen LogP contribution in [0.5, 0.6) is 0 Å². The first-order chi connectivity index (χ1) is 6.36. The smallest absolute Gasteiger partial charge is 0.0390 e. The third-order valence-corrected chi connectivity index (χ3v) is 3.61. The maximum absolute atomic E-state index is 5.65. The summed E-state index contributed by atoms with van der Waals surface area (Å²) in [6.45, 7) is 0.615. The molecule has 1 heterocycles. The van der Waals surface area contributed by atoms with Crippen molar-refractivity contribution in [2.75, 3.05) is 0 Å². The van der Waals surface area contributed by atoms with E-state index in [1.165, 1.54) is 21.2 Å². The number of fused-ring (bicyclic) bond motifs is 1. The summed E-state index contributed by atoms with van der Waals surface area (Å²) in [6.07, 6.45) is 0. The van der Waals surface area contributed by atoms with Crippen molar-refractivity contribution in [1.29, 1.82) is 0 Å². The number of rotatable bonds is 2. The van der Waals surface area contributed by atoms with Crippen LogP contribution in [0.1, 0.15) is 11.1 Å². The van der Waals surface area contributed by atoms with E-state index >= 15 is 0 Å². The van der Waals surface area contributed by atoms with Crippen molar-refractivity contribution < 1.29 is 0 Å². The number of hydrogen-bond donors (Lipinski definition) is 2. The van der Waals surface area contributed by atoms with Crippen molar-refractivity contribution in [2.24, 2.45) is 5.73 Å². The summed E-state index contributed by atoms with van der Waals surface area (Å²) in [5, 5.41) is 3.47. The fourth-order valence-corrected chi connectivity index (χ4v) is 2.94. The van der Waals surface area contributed by atoms with Crippen molar-refractivity contribution in [2.45, 2.75) is 12.3 Å². The third-order valence-electron chi connectivity index (χ3n) is 2.15. The van der Waals surface area contributed by atoms with Gasteiger partial charge in [0.05, 0.1) is 0 Å². The lowest BCUT2D eigenvalue weighted by Crippen LogP contribution is -1.95. The van der Waals surface area contributed by atoms with Gasteiger partial charge in [0.1, 0.15) is 0 Å². The second kappa shape index (κ2) is 3.70. The molecule has 0 aliphatic heterocycles. The van der Waals surface area contributed by atoms with E-state index in [-0.39, 0.29) is 0 Å². The number of thiol groups is 1. The Morgan fingerprint density at radius 2 is 2.15 bits per heavy atom. The highest BCUT2D eigenvalue weighted by Crippen LogP contribution is 2.29. The van der Waals surface area contributed by atoms with E-state index in [0.29, 0.717) is 6.54 Å². The predicted octanol–water partition coefficient (Wildman–Crippen LogP) is 2.79. The van der Waals surface area contributed by atoms with Crippen LogP contribution in [-0.4, -0.2) is 0 Å². The Kier molecular flexibility index (Phi) is 2.58. The highest BCUT2D eigenvalue weighted by atomic mass is 32.1. The Bertz CT molecular complexity index is 420. The molecule has 2 N–H and O–H groups in total. The summed E-state index contributed by atoms with van der Waals surface area (Å²) < 4.78 is 1.31. The standard InChI is InChI=1S/C10H11NS2/c11-4-7-2-1-3-9-8(5-12)6-13-10(7)9/h1-3,6,12H,4-5,11H2. The zero-order valence-electron chi connectivity index (χ0n) is 7.16. The van der Waals surface area contributed by atoms with Gasteiger partial charge in [-0.05, 0) is 21.9 Å². The van der Waals surface area contributed by atoms with Crippen molar-refractivity contribution in [1.82, 2.24) is 0 Å². The molecule has 0 aliphatic rings. The minimum absolute atomic E-state index is 0.615. The van der Waals surface area contributed by atoms with Crippen LogP contribution in [-0.2, 0) is 12.3 Å². The van der Waals surface area contributed by atoms with Gasteiger partial charge in [-0.25, -0.2) is 0 Å². The fraction of sp³-hybridized carbons (Fsp3) is 0.200. The molecule has 1 nitrogen and oxygen atoms in total. The Morgan fingerprint density at radius 1 is 1.31 bits per heavy atom. The lowest BCUT2D eigenvalue weighted by Gasteiger charge is -1.98. The summed E-state index contributed by atoms with van der Waals surface area (Å²) in [5.74, 6) is 0.800. The van der Waals surface area contributed by atoms with Gasteiger partial charge in [-0.15, -0.1) is 11.3 Å². The molecule has 2 aromatic rings. The van der Waals surface area contributed by atoms with Gasteiger partial charge in [-0.2, -0.15) is 12.6 Å². The molecule has 0 amide bonds. The molecule has 0 fully saturated rings. The van der Waals surface area contributed by atoms with Crippen LogP contribution >= 0.6 is 24.0 Å². The molecule has 0 spiro atoms. The predicted molar refractivity (Wildman–Crippen MR) is 62.4 cm³/mol.